The van der Waals surface area contributed by atoms with E-state index in [0.717, 1.165) is 25.3 Å². The summed E-state index contributed by atoms with van der Waals surface area (Å²) in [5.74, 6) is 1.22. The van der Waals surface area contributed by atoms with Crippen LogP contribution in [0.15, 0.2) is 0 Å². The summed E-state index contributed by atoms with van der Waals surface area (Å²) in [5.41, 5.74) is 13.6. The predicted octanol–water partition coefficient (Wildman–Crippen LogP) is 10.5. The van der Waals surface area contributed by atoms with Crippen LogP contribution in [-0.2, 0) is 0 Å². The van der Waals surface area contributed by atoms with Gasteiger partial charge in [0, 0.05) is 22.2 Å². The molecular formula is C38H84N4. The van der Waals surface area contributed by atoms with Crippen molar-refractivity contribution in [2.24, 2.45) is 34.1 Å². The maximum Gasteiger partial charge on any atom is 0.0555 e. The van der Waals surface area contributed by atoms with Gasteiger partial charge in [-0.2, -0.15) is 0 Å². The Morgan fingerprint density at radius 3 is 1.07 bits per heavy atom. The summed E-state index contributed by atoms with van der Waals surface area (Å²) < 4.78 is 0. The second kappa shape index (κ2) is 17.5. The van der Waals surface area contributed by atoms with E-state index < -0.39 is 0 Å². The van der Waals surface area contributed by atoms with Gasteiger partial charge in [0.1, 0.15) is 0 Å². The third kappa shape index (κ3) is 16.8. The Kier molecular flexibility index (Phi) is 18.3. The Hall–Kier alpha value is -0.160. The van der Waals surface area contributed by atoms with Gasteiger partial charge >= 0.3 is 0 Å². The van der Waals surface area contributed by atoms with Crippen LogP contribution in [0, 0.1) is 22.7 Å². The van der Waals surface area contributed by atoms with Gasteiger partial charge in [-0.3, -0.25) is 9.80 Å². The molecule has 2 atom stereocenters. The van der Waals surface area contributed by atoms with Crippen molar-refractivity contribution in [1.82, 2.24) is 9.80 Å². The molecule has 2 unspecified atom stereocenters. The fourth-order valence-electron chi connectivity index (χ4n) is 7.41. The van der Waals surface area contributed by atoms with Gasteiger partial charge < -0.3 is 11.5 Å². The molecule has 0 saturated heterocycles. The number of hydrogen-bond donors (Lipinski definition) is 2. The molecule has 0 spiro atoms. The summed E-state index contributed by atoms with van der Waals surface area (Å²) in [6.45, 7) is 46.7. The number of rotatable bonds is 15. The SMILES string of the molecule is CCCC(C(N)N)C(C)(C)CCC[15N](C(C)(C)C)C(C)(C)C.CCCC(C)C(C)(C)CCC[15N](C(C)(C)C)C(C)(C)C. The van der Waals surface area contributed by atoms with E-state index >= 15 is 0 Å². The van der Waals surface area contributed by atoms with Crippen molar-refractivity contribution >= 4 is 0 Å². The number of hydrogen-bond acceptors (Lipinski definition) is 4. The van der Waals surface area contributed by atoms with E-state index in [1.54, 1.807) is 0 Å². The lowest BCUT2D eigenvalue weighted by Crippen LogP contribution is -2.53. The summed E-state index contributed by atoms with van der Waals surface area (Å²) >= 11 is 0. The second-order valence-corrected chi connectivity index (χ2v) is 18.8. The third-order valence-corrected chi connectivity index (χ3v) is 9.77. The molecule has 256 valence electrons. The van der Waals surface area contributed by atoms with Crippen LogP contribution in [0.2, 0.25) is 0 Å². The molecule has 0 aliphatic carbocycles. The first-order valence-electron chi connectivity index (χ1n) is 17.6. The minimum Gasteiger partial charge on any atom is -0.316 e. The number of nitrogens with two attached hydrogens (primary N) is 2. The van der Waals surface area contributed by atoms with Crippen molar-refractivity contribution in [1.29, 1.82) is 0 Å². The Morgan fingerprint density at radius 2 is 0.810 bits per heavy atom. The molecule has 0 bridgehead atoms. The molecule has 0 amide bonds. The first-order chi connectivity index (χ1) is 18.6. The van der Waals surface area contributed by atoms with Crippen molar-refractivity contribution in [2.75, 3.05) is 13.1 Å². The summed E-state index contributed by atoms with van der Waals surface area (Å²) in [6, 6.07) is 0. The first kappa shape index (κ1) is 44.0. The van der Waals surface area contributed by atoms with Crippen LogP contribution in [0.1, 0.15) is 183 Å². The lowest BCUT2D eigenvalue weighted by molar-refractivity contribution is 0.0303. The zero-order valence-corrected chi connectivity index (χ0v) is 32.9. The van der Waals surface area contributed by atoms with E-state index in [0.29, 0.717) is 11.3 Å². The van der Waals surface area contributed by atoms with Crippen molar-refractivity contribution in [2.45, 2.75) is 211 Å². The predicted molar refractivity (Wildman–Crippen MR) is 193 cm³/mol. The number of nitrogens with zero attached hydrogens (tertiary/aromatic N) is 2. The zero-order valence-electron chi connectivity index (χ0n) is 32.9. The van der Waals surface area contributed by atoms with Gasteiger partial charge in [0.2, 0.25) is 0 Å². The second-order valence-electron chi connectivity index (χ2n) is 18.8. The van der Waals surface area contributed by atoms with E-state index in [9.17, 15) is 0 Å². The van der Waals surface area contributed by atoms with Gasteiger partial charge in [-0.15, -0.1) is 0 Å². The van der Waals surface area contributed by atoms with Crippen LogP contribution < -0.4 is 11.5 Å². The minimum absolute atomic E-state index is 0.190. The molecule has 0 saturated carbocycles. The molecule has 0 aliphatic heterocycles. The average Bonchev–Trinajstić information content (AvgIpc) is 2.74. The Bertz CT molecular complexity index is 667. The highest BCUT2D eigenvalue weighted by Crippen LogP contribution is 2.37. The molecule has 0 aromatic rings. The van der Waals surface area contributed by atoms with E-state index in [2.05, 4.69) is 141 Å². The molecule has 0 radical (unpaired) electrons. The van der Waals surface area contributed by atoms with Crippen molar-refractivity contribution in [3.8, 4) is 0 Å². The molecule has 0 aromatic carbocycles. The van der Waals surface area contributed by atoms with Crippen LogP contribution in [0.5, 0.6) is 0 Å². The molecule has 0 aromatic heterocycles. The lowest BCUT2D eigenvalue weighted by atomic mass is 9.72. The largest absolute Gasteiger partial charge is 0.316 e. The highest BCUT2D eigenvalue weighted by Gasteiger charge is 2.35. The Labute approximate surface area is 267 Å². The summed E-state index contributed by atoms with van der Waals surface area (Å²) in [7, 11) is 0. The van der Waals surface area contributed by atoms with Crippen molar-refractivity contribution < 1.29 is 0 Å². The molecular weight excluding hydrogens is 514 g/mol. The Morgan fingerprint density at radius 1 is 0.500 bits per heavy atom. The quantitative estimate of drug-likeness (QED) is 0.145. The topological polar surface area (TPSA) is 58.5 Å². The van der Waals surface area contributed by atoms with Crippen LogP contribution in [0.3, 0.4) is 0 Å². The lowest BCUT2D eigenvalue weighted by Gasteiger charge is -2.46. The van der Waals surface area contributed by atoms with Crippen LogP contribution >= 0.6 is 0 Å². The molecule has 0 aliphatic rings. The van der Waals surface area contributed by atoms with Crippen LogP contribution in [-0.4, -0.2) is 51.2 Å². The standard InChI is InChI=1S/C19H43N3.C19H41N/c1-10-12-15(16(20)21)19(8,9)13-11-14-22(17(2,3)4)18(5,6)7;1-11-13-16(2)19(9,10)14-12-15-20(17(3,4)5)18(6,7)8/h15-16H,10-14,20-21H2,1-9H3;16H,11-15H2,1-10H3/i22+1;20+1. The van der Waals surface area contributed by atoms with E-state index in [-0.39, 0.29) is 33.7 Å². The summed E-state index contributed by atoms with van der Waals surface area (Å²) in [5, 5.41) is 0. The molecule has 42 heavy (non-hydrogen) atoms. The fourth-order valence-corrected chi connectivity index (χ4v) is 7.41. The maximum absolute atomic E-state index is 6.05. The first-order valence-corrected chi connectivity index (χ1v) is 17.6. The van der Waals surface area contributed by atoms with Crippen LogP contribution in [0.25, 0.3) is 0 Å². The van der Waals surface area contributed by atoms with Crippen molar-refractivity contribution in [3.63, 3.8) is 0 Å². The van der Waals surface area contributed by atoms with Gasteiger partial charge in [-0.05, 0) is 151 Å². The molecule has 0 fully saturated rings. The van der Waals surface area contributed by atoms with Gasteiger partial charge in [-0.1, -0.05) is 67.7 Å². The fraction of sp³-hybridized carbons (Fsp3) is 1.00. The molecule has 0 heterocycles. The van der Waals surface area contributed by atoms with Gasteiger partial charge in [-0.25, -0.2) is 0 Å². The summed E-state index contributed by atoms with van der Waals surface area (Å²) in [4.78, 5) is 5.26. The van der Waals surface area contributed by atoms with Gasteiger partial charge in [0.15, 0.2) is 0 Å². The van der Waals surface area contributed by atoms with Crippen molar-refractivity contribution in [3.05, 3.63) is 0 Å². The molecule has 0 rings (SSSR count). The maximum atomic E-state index is 6.05. The van der Waals surface area contributed by atoms with E-state index in [1.165, 1.54) is 45.1 Å². The van der Waals surface area contributed by atoms with Crippen LogP contribution in [0.4, 0.5) is 0 Å². The molecule has 4 N–H and O–H groups in total. The monoisotopic (exact) mass is 599 g/mol. The Balaban J connectivity index is 0. The van der Waals surface area contributed by atoms with Gasteiger partial charge in [0.05, 0.1) is 6.17 Å². The van der Waals surface area contributed by atoms with E-state index in [4.69, 9.17) is 11.5 Å². The van der Waals surface area contributed by atoms with Gasteiger partial charge in [0.25, 0.3) is 0 Å². The normalized spacial score (nSPS) is 15.7. The molecule has 4 nitrogen and oxygen atoms in total. The highest BCUT2D eigenvalue weighted by molar-refractivity contribution is 4.89. The minimum atomic E-state index is -0.212. The zero-order chi connectivity index (χ0) is 34.0. The smallest absolute Gasteiger partial charge is 0.0555 e. The summed E-state index contributed by atoms with van der Waals surface area (Å²) in [6.07, 6.45) is 9.71. The molecule has 4 heteroatoms. The average molecular weight is 599 g/mol. The highest BCUT2D eigenvalue weighted by atomic mass is 15.9. The van der Waals surface area contributed by atoms with E-state index in [1.807, 2.05) is 0 Å². The third-order valence-electron chi connectivity index (χ3n) is 9.77.